The van der Waals surface area contributed by atoms with E-state index in [4.69, 9.17) is 30.6 Å². The molecule has 0 aromatic rings. The lowest BCUT2D eigenvalue weighted by molar-refractivity contribution is -0.138. The molecule has 0 aliphatic carbocycles. The number of carbonyl (C=O) groups is 3. The predicted molar refractivity (Wildman–Crippen MR) is 187 cm³/mol. The predicted octanol–water partition coefficient (Wildman–Crippen LogP) is 9.24. The van der Waals surface area contributed by atoms with Crippen LogP contribution < -0.4 is 0 Å². The Balaban J connectivity index is -0.000000154. The van der Waals surface area contributed by atoms with Gasteiger partial charge in [-0.25, -0.2) is 0 Å². The summed E-state index contributed by atoms with van der Waals surface area (Å²) in [5, 5.41) is 50.9. The van der Waals surface area contributed by atoms with E-state index in [-0.39, 0.29) is 19.8 Å². The minimum atomic E-state index is -0.667. The highest BCUT2D eigenvalue weighted by Crippen LogP contribution is 2.18. The Morgan fingerprint density at radius 3 is 0.733 bits per heavy atom. The molecule has 0 heterocycles. The van der Waals surface area contributed by atoms with E-state index in [1.54, 1.807) is 0 Å². The Hall–Kier alpha value is -1.71. The minimum absolute atomic E-state index is 0.156. The molecule has 0 radical (unpaired) electrons. The topological polar surface area (TPSA) is 173 Å². The SMILES string of the molecule is CCC.CCC(CO)(CO)CO.CCCCCCCCC(=O)O.CCCCCCCCC(=O)O.CCCCCCCCC(=O)O. The summed E-state index contributed by atoms with van der Waals surface area (Å²) < 4.78 is 0. The van der Waals surface area contributed by atoms with E-state index in [9.17, 15) is 14.4 Å². The summed E-state index contributed by atoms with van der Waals surface area (Å²) >= 11 is 0. The largest absolute Gasteiger partial charge is 0.481 e. The minimum Gasteiger partial charge on any atom is -0.481 e. The van der Waals surface area contributed by atoms with Gasteiger partial charge in [-0.3, -0.25) is 14.4 Å². The summed E-state index contributed by atoms with van der Waals surface area (Å²) in [4.78, 5) is 30.3. The van der Waals surface area contributed by atoms with Gasteiger partial charge in [-0.1, -0.05) is 144 Å². The van der Waals surface area contributed by atoms with Crippen molar-refractivity contribution in [1.82, 2.24) is 0 Å². The molecule has 6 N–H and O–H groups in total. The fourth-order valence-electron chi connectivity index (χ4n) is 3.66. The van der Waals surface area contributed by atoms with Crippen molar-refractivity contribution in [3.05, 3.63) is 0 Å². The van der Waals surface area contributed by atoms with E-state index in [1.807, 2.05) is 6.92 Å². The second kappa shape index (κ2) is 46.7. The molecule has 0 bridgehead atoms. The van der Waals surface area contributed by atoms with Crippen molar-refractivity contribution in [1.29, 1.82) is 0 Å². The summed E-state index contributed by atoms with van der Waals surface area (Å²) in [6, 6.07) is 0. The van der Waals surface area contributed by atoms with Gasteiger partial charge in [0.2, 0.25) is 0 Å². The highest BCUT2D eigenvalue weighted by molar-refractivity contribution is 5.67. The number of unbranched alkanes of at least 4 members (excludes halogenated alkanes) is 15. The monoisotopic (exact) mass is 653 g/mol. The quantitative estimate of drug-likeness (QED) is 0.0525. The van der Waals surface area contributed by atoms with E-state index >= 15 is 0 Å². The zero-order valence-corrected chi connectivity index (χ0v) is 30.3. The average Bonchev–Trinajstić information content (AvgIpc) is 3.01. The molecule has 0 fully saturated rings. The Morgan fingerprint density at radius 2 is 0.600 bits per heavy atom. The standard InChI is InChI=1S/3C9H18O2.C6H14O3.C3H8/c3*1-2-3-4-5-6-7-8-9(10)11;1-2-6(3-7,4-8)5-9;1-3-2/h3*2-8H2,1H3,(H,10,11);7-9H,2-5H2,1H3;3H2,1-2H3. The van der Waals surface area contributed by atoms with Crippen LogP contribution in [0.2, 0.25) is 0 Å². The highest BCUT2D eigenvalue weighted by atomic mass is 16.4. The second-order valence-corrected chi connectivity index (χ2v) is 11.8. The first kappa shape index (κ1) is 52.8. The van der Waals surface area contributed by atoms with Crippen molar-refractivity contribution in [2.45, 2.75) is 189 Å². The van der Waals surface area contributed by atoms with Crippen LogP contribution in [0.1, 0.15) is 189 Å². The zero-order valence-electron chi connectivity index (χ0n) is 30.3. The highest BCUT2D eigenvalue weighted by Gasteiger charge is 2.24. The number of hydrogen-bond acceptors (Lipinski definition) is 6. The molecule has 9 heteroatoms. The molecular formula is C36H76O9. The van der Waals surface area contributed by atoms with Crippen molar-refractivity contribution in [2.75, 3.05) is 19.8 Å². The first-order valence-electron chi connectivity index (χ1n) is 17.9. The van der Waals surface area contributed by atoms with Gasteiger partial charge in [0.15, 0.2) is 0 Å². The van der Waals surface area contributed by atoms with Crippen LogP contribution in [0.4, 0.5) is 0 Å². The van der Waals surface area contributed by atoms with Crippen LogP contribution in [-0.2, 0) is 14.4 Å². The van der Waals surface area contributed by atoms with E-state index < -0.39 is 23.3 Å². The van der Waals surface area contributed by atoms with Crippen LogP contribution in [0.15, 0.2) is 0 Å². The van der Waals surface area contributed by atoms with Crippen molar-refractivity contribution < 1.29 is 45.0 Å². The molecule has 0 aliphatic heterocycles. The first-order chi connectivity index (χ1) is 21.5. The second-order valence-electron chi connectivity index (χ2n) is 11.8. The molecule has 0 unspecified atom stereocenters. The van der Waals surface area contributed by atoms with Crippen molar-refractivity contribution in [3.8, 4) is 0 Å². The lowest BCUT2D eigenvalue weighted by Gasteiger charge is -2.24. The van der Waals surface area contributed by atoms with Crippen molar-refractivity contribution in [3.63, 3.8) is 0 Å². The molecule has 0 atom stereocenters. The molecule has 0 aromatic carbocycles. The number of aliphatic carboxylic acids is 3. The maximum Gasteiger partial charge on any atom is 0.303 e. The number of rotatable bonds is 25. The smallest absolute Gasteiger partial charge is 0.303 e. The fourth-order valence-corrected chi connectivity index (χ4v) is 3.66. The lowest BCUT2D eigenvalue weighted by Crippen LogP contribution is -2.32. The van der Waals surface area contributed by atoms with E-state index in [0.29, 0.717) is 25.7 Å². The van der Waals surface area contributed by atoms with E-state index in [0.717, 1.165) is 38.5 Å². The van der Waals surface area contributed by atoms with Crippen LogP contribution in [-0.4, -0.2) is 68.4 Å². The van der Waals surface area contributed by atoms with Gasteiger partial charge in [0.05, 0.1) is 19.8 Å². The molecule has 45 heavy (non-hydrogen) atoms. The van der Waals surface area contributed by atoms with E-state index in [1.165, 1.54) is 83.5 Å². The summed E-state index contributed by atoms with van der Waals surface area (Å²) in [5.41, 5.74) is -0.667. The summed E-state index contributed by atoms with van der Waals surface area (Å²) in [6.07, 6.45) is 23.6. The number of aliphatic hydroxyl groups is 3. The van der Waals surface area contributed by atoms with Crippen molar-refractivity contribution in [2.24, 2.45) is 5.41 Å². The molecule has 0 aromatic heterocycles. The number of carboxylic acids is 3. The van der Waals surface area contributed by atoms with Gasteiger partial charge in [-0.15, -0.1) is 0 Å². The van der Waals surface area contributed by atoms with Gasteiger partial charge in [-0.2, -0.15) is 0 Å². The summed E-state index contributed by atoms with van der Waals surface area (Å²) in [5.74, 6) is -2.00. The molecule has 0 saturated heterocycles. The molecule has 0 spiro atoms. The number of carboxylic acid groups (broad SMARTS) is 3. The van der Waals surface area contributed by atoms with Crippen LogP contribution in [0, 0.1) is 5.41 Å². The Bertz CT molecular complexity index is 500. The number of aliphatic hydroxyl groups excluding tert-OH is 3. The number of hydrogen-bond donors (Lipinski definition) is 6. The maximum atomic E-state index is 10.1. The third-order valence-corrected chi connectivity index (χ3v) is 6.99. The summed E-state index contributed by atoms with van der Waals surface area (Å²) in [6.45, 7) is 12.1. The molecule has 0 saturated carbocycles. The van der Waals surface area contributed by atoms with Gasteiger partial charge in [0.1, 0.15) is 0 Å². The Labute approximate surface area is 277 Å². The molecular weight excluding hydrogens is 576 g/mol. The van der Waals surface area contributed by atoms with Crippen LogP contribution in [0.25, 0.3) is 0 Å². The molecule has 0 aliphatic rings. The Morgan fingerprint density at radius 1 is 0.400 bits per heavy atom. The molecule has 274 valence electrons. The van der Waals surface area contributed by atoms with Crippen LogP contribution >= 0.6 is 0 Å². The molecule has 9 nitrogen and oxygen atoms in total. The molecule has 0 amide bonds. The van der Waals surface area contributed by atoms with Gasteiger partial charge in [-0.05, 0) is 25.7 Å². The van der Waals surface area contributed by atoms with Gasteiger partial charge >= 0.3 is 17.9 Å². The Kier molecular flexibility index (Phi) is 54.8. The third-order valence-electron chi connectivity index (χ3n) is 6.99. The zero-order chi connectivity index (χ0) is 35.6. The normalized spacial score (nSPS) is 10.1. The van der Waals surface area contributed by atoms with Crippen molar-refractivity contribution >= 4 is 17.9 Å². The van der Waals surface area contributed by atoms with Gasteiger partial charge in [0.25, 0.3) is 0 Å². The van der Waals surface area contributed by atoms with Gasteiger partial charge < -0.3 is 30.6 Å². The maximum absolute atomic E-state index is 10.1. The van der Waals surface area contributed by atoms with Gasteiger partial charge in [0, 0.05) is 24.7 Å². The first-order valence-corrected chi connectivity index (χ1v) is 17.9. The fraction of sp³-hybridized carbons (Fsp3) is 0.917. The van der Waals surface area contributed by atoms with E-state index in [2.05, 4.69) is 34.6 Å². The van der Waals surface area contributed by atoms with Crippen LogP contribution in [0.3, 0.4) is 0 Å². The lowest BCUT2D eigenvalue weighted by atomic mass is 9.88. The summed E-state index contributed by atoms with van der Waals surface area (Å²) in [7, 11) is 0. The average molecular weight is 653 g/mol. The third kappa shape index (κ3) is 58.4. The van der Waals surface area contributed by atoms with Crippen LogP contribution in [0.5, 0.6) is 0 Å². The molecule has 0 rings (SSSR count).